The first kappa shape index (κ1) is 23.0. The van der Waals surface area contributed by atoms with Crippen LogP contribution in [0.4, 0.5) is 0 Å². The van der Waals surface area contributed by atoms with Gasteiger partial charge in [0, 0.05) is 71.3 Å². The molecule has 0 saturated carbocycles. The summed E-state index contributed by atoms with van der Waals surface area (Å²) in [6, 6.07) is 0. The maximum Gasteiger partial charge on any atom is 0.274 e. The number of nitrogens with zero attached hydrogens (tertiary/aromatic N) is 5. The van der Waals surface area contributed by atoms with Crippen molar-refractivity contribution in [2.45, 2.75) is 32.0 Å². The zero-order valence-corrected chi connectivity index (χ0v) is 18.8. The first-order chi connectivity index (χ1) is 15.5. The van der Waals surface area contributed by atoms with E-state index in [-0.39, 0.29) is 18.2 Å². The van der Waals surface area contributed by atoms with Gasteiger partial charge in [-0.1, -0.05) is 0 Å². The molecule has 0 N–H and O–H groups in total. The number of morpholine rings is 1. The fourth-order valence-electron chi connectivity index (χ4n) is 4.34. The monoisotopic (exact) mass is 447 g/mol. The lowest BCUT2D eigenvalue weighted by molar-refractivity contribution is -0.187. The van der Waals surface area contributed by atoms with Crippen LogP contribution >= 0.6 is 0 Å². The molecule has 0 atom stereocenters. The van der Waals surface area contributed by atoms with Gasteiger partial charge < -0.3 is 24.0 Å². The molecule has 32 heavy (non-hydrogen) atoms. The Balaban J connectivity index is 1.33. The van der Waals surface area contributed by atoms with Crippen molar-refractivity contribution in [2.75, 3.05) is 72.2 Å². The molecule has 3 aliphatic heterocycles. The van der Waals surface area contributed by atoms with Gasteiger partial charge in [-0.05, 0) is 6.92 Å². The highest BCUT2D eigenvalue weighted by molar-refractivity contribution is 5.92. The molecule has 4 heterocycles. The van der Waals surface area contributed by atoms with Crippen LogP contribution in [0, 0.1) is 6.92 Å². The van der Waals surface area contributed by atoms with Gasteiger partial charge in [-0.2, -0.15) is 0 Å². The van der Waals surface area contributed by atoms with E-state index >= 15 is 0 Å². The lowest BCUT2D eigenvalue weighted by Gasteiger charge is -2.38. The van der Waals surface area contributed by atoms with Gasteiger partial charge in [0.1, 0.15) is 5.69 Å². The maximum absolute atomic E-state index is 13.1. The average molecular weight is 448 g/mol. The Bertz CT molecular complexity index is 767. The van der Waals surface area contributed by atoms with Crippen LogP contribution in [-0.4, -0.2) is 115 Å². The second-order valence-corrected chi connectivity index (χ2v) is 8.53. The van der Waals surface area contributed by atoms with Gasteiger partial charge >= 0.3 is 0 Å². The lowest BCUT2D eigenvalue weighted by Crippen LogP contribution is -2.48. The smallest absolute Gasteiger partial charge is 0.274 e. The van der Waals surface area contributed by atoms with Crippen LogP contribution in [0.3, 0.4) is 0 Å². The standard InChI is InChI=1S/C22H33N5O5/c1-18-16-24-19(17-23-18)21(29)27(9-8-25-10-12-30-13-11-25)5-2-20(28)26-6-3-22(4-7-26)31-14-15-32-22/h16-17H,2-15H2,1H3. The van der Waals surface area contributed by atoms with E-state index in [1.54, 1.807) is 11.1 Å². The maximum atomic E-state index is 13.1. The van der Waals surface area contributed by atoms with Gasteiger partial charge in [-0.25, -0.2) is 4.98 Å². The number of amides is 2. The van der Waals surface area contributed by atoms with E-state index in [2.05, 4.69) is 14.9 Å². The highest BCUT2D eigenvalue weighted by Gasteiger charge is 2.40. The number of ether oxygens (including phenoxy) is 3. The van der Waals surface area contributed by atoms with Crippen molar-refractivity contribution in [3.05, 3.63) is 23.8 Å². The number of aromatic nitrogens is 2. The summed E-state index contributed by atoms with van der Waals surface area (Å²) in [4.78, 5) is 40.3. The molecule has 10 nitrogen and oxygen atoms in total. The molecule has 3 fully saturated rings. The van der Waals surface area contributed by atoms with Gasteiger partial charge in [0.15, 0.2) is 5.79 Å². The largest absolute Gasteiger partial charge is 0.379 e. The molecule has 3 saturated heterocycles. The summed E-state index contributed by atoms with van der Waals surface area (Å²) < 4.78 is 16.9. The van der Waals surface area contributed by atoms with E-state index in [1.807, 2.05) is 11.8 Å². The van der Waals surface area contributed by atoms with Crippen molar-refractivity contribution in [1.29, 1.82) is 0 Å². The van der Waals surface area contributed by atoms with E-state index in [4.69, 9.17) is 14.2 Å². The SMILES string of the molecule is Cc1cnc(C(=O)N(CCC(=O)N2CCC3(CC2)OCCO3)CCN2CCOCC2)cn1. The van der Waals surface area contributed by atoms with Crippen LogP contribution < -0.4 is 0 Å². The zero-order valence-electron chi connectivity index (χ0n) is 18.8. The number of hydrogen-bond donors (Lipinski definition) is 0. The van der Waals surface area contributed by atoms with E-state index in [1.165, 1.54) is 6.20 Å². The first-order valence-electron chi connectivity index (χ1n) is 11.5. The summed E-state index contributed by atoms with van der Waals surface area (Å²) in [7, 11) is 0. The molecular formula is C22H33N5O5. The fraction of sp³-hybridized carbons (Fsp3) is 0.727. The van der Waals surface area contributed by atoms with Gasteiger partial charge in [0.25, 0.3) is 5.91 Å². The normalized spacial score (nSPS) is 21.1. The number of carbonyl (C=O) groups is 2. The van der Waals surface area contributed by atoms with Gasteiger partial charge in [-0.3, -0.25) is 19.5 Å². The minimum Gasteiger partial charge on any atom is -0.379 e. The molecule has 2 amide bonds. The molecule has 176 valence electrons. The molecule has 1 aromatic heterocycles. The second-order valence-electron chi connectivity index (χ2n) is 8.53. The first-order valence-corrected chi connectivity index (χ1v) is 11.5. The van der Waals surface area contributed by atoms with Crippen LogP contribution in [0.15, 0.2) is 12.4 Å². The van der Waals surface area contributed by atoms with Crippen molar-refractivity contribution in [3.63, 3.8) is 0 Å². The van der Waals surface area contributed by atoms with Crippen LogP contribution in [-0.2, 0) is 19.0 Å². The molecule has 3 aliphatic rings. The van der Waals surface area contributed by atoms with E-state index in [9.17, 15) is 9.59 Å². The van der Waals surface area contributed by atoms with Gasteiger partial charge in [0.05, 0.1) is 38.3 Å². The Labute approximate surface area is 188 Å². The number of hydrogen-bond acceptors (Lipinski definition) is 8. The van der Waals surface area contributed by atoms with Crippen molar-refractivity contribution < 1.29 is 23.8 Å². The predicted molar refractivity (Wildman–Crippen MR) is 115 cm³/mol. The summed E-state index contributed by atoms with van der Waals surface area (Å²) in [6.45, 7) is 9.05. The Hall–Kier alpha value is -2.14. The minimum absolute atomic E-state index is 0.0528. The zero-order chi connectivity index (χ0) is 22.4. The molecular weight excluding hydrogens is 414 g/mol. The molecule has 1 spiro atoms. The Morgan fingerprint density at radius 2 is 1.72 bits per heavy atom. The van der Waals surface area contributed by atoms with E-state index < -0.39 is 5.79 Å². The molecule has 10 heteroatoms. The molecule has 0 unspecified atom stereocenters. The molecule has 0 radical (unpaired) electrons. The topological polar surface area (TPSA) is 97.3 Å². The number of piperidine rings is 1. The molecule has 0 aliphatic carbocycles. The highest BCUT2D eigenvalue weighted by atomic mass is 16.7. The Morgan fingerprint density at radius 1 is 1.00 bits per heavy atom. The van der Waals surface area contributed by atoms with Crippen LogP contribution in [0.1, 0.15) is 35.4 Å². The highest BCUT2D eigenvalue weighted by Crippen LogP contribution is 2.31. The quantitative estimate of drug-likeness (QED) is 0.589. The van der Waals surface area contributed by atoms with E-state index in [0.717, 1.165) is 25.3 Å². The third kappa shape index (κ3) is 5.80. The van der Waals surface area contributed by atoms with Gasteiger partial charge in [0.2, 0.25) is 5.91 Å². The second kappa shape index (κ2) is 10.7. The van der Waals surface area contributed by atoms with Crippen molar-refractivity contribution in [1.82, 2.24) is 24.7 Å². The molecule has 0 aromatic carbocycles. The number of aryl methyl sites for hydroxylation is 1. The van der Waals surface area contributed by atoms with Crippen LogP contribution in [0.2, 0.25) is 0 Å². The number of rotatable bonds is 7. The van der Waals surface area contributed by atoms with Crippen LogP contribution in [0.25, 0.3) is 0 Å². The molecule has 0 bridgehead atoms. The Morgan fingerprint density at radius 3 is 2.38 bits per heavy atom. The Kier molecular flexibility index (Phi) is 7.67. The third-order valence-corrected chi connectivity index (χ3v) is 6.36. The fourth-order valence-corrected chi connectivity index (χ4v) is 4.34. The third-order valence-electron chi connectivity index (χ3n) is 6.36. The van der Waals surface area contributed by atoms with Crippen molar-refractivity contribution in [2.24, 2.45) is 0 Å². The minimum atomic E-state index is -0.499. The summed E-state index contributed by atoms with van der Waals surface area (Å²) in [5.74, 6) is -0.637. The summed E-state index contributed by atoms with van der Waals surface area (Å²) in [5, 5.41) is 0. The summed E-state index contributed by atoms with van der Waals surface area (Å²) >= 11 is 0. The average Bonchev–Trinajstić information content (AvgIpc) is 3.28. The van der Waals surface area contributed by atoms with Crippen LogP contribution in [0.5, 0.6) is 0 Å². The summed E-state index contributed by atoms with van der Waals surface area (Å²) in [5.41, 5.74) is 1.06. The predicted octanol–water partition coefficient (Wildman–Crippen LogP) is 0.315. The van der Waals surface area contributed by atoms with E-state index in [0.29, 0.717) is 71.1 Å². The lowest BCUT2D eigenvalue weighted by atomic mass is 10.0. The molecule has 1 aromatic rings. The summed E-state index contributed by atoms with van der Waals surface area (Å²) in [6.07, 6.45) is 4.76. The molecule has 4 rings (SSSR count). The van der Waals surface area contributed by atoms with Gasteiger partial charge in [-0.15, -0.1) is 0 Å². The number of likely N-dealkylation sites (tertiary alicyclic amines) is 1. The van der Waals surface area contributed by atoms with Crippen molar-refractivity contribution >= 4 is 11.8 Å². The number of carbonyl (C=O) groups excluding carboxylic acids is 2. The van der Waals surface area contributed by atoms with Crippen molar-refractivity contribution in [3.8, 4) is 0 Å².